The molecule has 0 saturated carbocycles. The van der Waals surface area contributed by atoms with Crippen molar-refractivity contribution in [2.75, 3.05) is 50.1 Å². The van der Waals surface area contributed by atoms with E-state index in [0.717, 1.165) is 54.6 Å². The minimum atomic E-state index is 0.673. The third-order valence-corrected chi connectivity index (χ3v) is 6.54. The molecule has 0 unspecified atom stereocenters. The zero-order valence-electron chi connectivity index (χ0n) is 20.0. The predicted molar refractivity (Wildman–Crippen MR) is 135 cm³/mol. The first-order valence-electron chi connectivity index (χ1n) is 12.4. The summed E-state index contributed by atoms with van der Waals surface area (Å²) in [4.78, 5) is 16.2. The lowest BCUT2D eigenvalue weighted by Gasteiger charge is -2.34. The van der Waals surface area contributed by atoms with Crippen molar-refractivity contribution in [3.05, 3.63) is 60.0 Å². The lowest BCUT2D eigenvalue weighted by molar-refractivity contribution is 0.228. The third-order valence-electron chi connectivity index (χ3n) is 6.54. The minimum absolute atomic E-state index is 0.673. The Labute approximate surface area is 202 Å². The molecule has 0 aliphatic carbocycles. The number of nitrogens with zero attached hydrogens (tertiary/aromatic N) is 7. The number of hydrogen-bond acceptors (Lipinski definition) is 8. The Morgan fingerprint density at radius 2 is 1.85 bits per heavy atom. The topological polar surface area (TPSA) is 73.3 Å². The largest absolute Gasteiger partial charge is 0.385 e. The highest BCUT2D eigenvalue weighted by atomic mass is 15.4. The van der Waals surface area contributed by atoms with Crippen LogP contribution in [0.25, 0.3) is 11.4 Å². The number of anilines is 2. The Kier molecular flexibility index (Phi) is 7.26. The van der Waals surface area contributed by atoms with Gasteiger partial charge in [0.15, 0.2) is 11.6 Å². The molecule has 8 heteroatoms. The molecular weight excluding hydrogens is 424 g/mol. The van der Waals surface area contributed by atoms with Crippen LogP contribution >= 0.6 is 0 Å². The van der Waals surface area contributed by atoms with E-state index in [1.54, 1.807) is 6.20 Å². The molecule has 1 fully saturated rings. The molecule has 8 nitrogen and oxygen atoms in total. The Bertz CT molecular complexity index is 1050. The van der Waals surface area contributed by atoms with Crippen molar-refractivity contribution in [1.29, 1.82) is 0 Å². The zero-order valence-corrected chi connectivity index (χ0v) is 20.0. The van der Waals surface area contributed by atoms with Gasteiger partial charge in [0.1, 0.15) is 5.69 Å². The number of piperidine rings is 1. The van der Waals surface area contributed by atoms with Gasteiger partial charge >= 0.3 is 0 Å². The normalized spacial score (nSPS) is 16.9. The third kappa shape index (κ3) is 5.69. The Balaban J connectivity index is 1.20. The van der Waals surface area contributed by atoms with Crippen molar-refractivity contribution in [1.82, 2.24) is 30.0 Å². The number of pyridine rings is 1. The Hall–Kier alpha value is -3.10. The first-order valence-corrected chi connectivity index (χ1v) is 12.4. The lowest BCUT2D eigenvalue weighted by Crippen LogP contribution is -2.41. The van der Waals surface area contributed by atoms with Gasteiger partial charge in [-0.15, -0.1) is 10.2 Å². The predicted octanol–water partition coefficient (Wildman–Crippen LogP) is 3.63. The second kappa shape index (κ2) is 10.9. The molecule has 2 aromatic heterocycles. The highest BCUT2D eigenvalue weighted by Gasteiger charge is 2.24. The molecule has 1 aromatic carbocycles. The van der Waals surface area contributed by atoms with Crippen molar-refractivity contribution in [2.24, 2.45) is 0 Å². The summed E-state index contributed by atoms with van der Waals surface area (Å²) in [6, 6.07) is 12.4. The van der Waals surface area contributed by atoms with Gasteiger partial charge in [-0.05, 0) is 81.8 Å². The molecule has 1 saturated heterocycles. The van der Waals surface area contributed by atoms with Crippen molar-refractivity contribution >= 4 is 11.5 Å². The van der Waals surface area contributed by atoms with Gasteiger partial charge in [-0.25, -0.2) is 4.98 Å². The minimum Gasteiger partial charge on any atom is -0.385 e. The van der Waals surface area contributed by atoms with Crippen LogP contribution in [0.2, 0.25) is 0 Å². The molecule has 5 rings (SSSR count). The second-order valence-corrected chi connectivity index (χ2v) is 9.38. The Morgan fingerprint density at radius 1 is 1.00 bits per heavy atom. The van der Waals surface area contributed by atoms with Crippen LogP contribution in [-0.4, -0.2) is 69.9 Å². The van der Waals surface area contributed by atoms with Gasteiger partial charge in [0.05, 0.1) is 6.67 Å². The molecule has 3 aromatic rings. The van der Waals surface area contributed by atoms with Crippen molar-refractivity contribution in [3.8, 4) is 11.4 Å². The zero-order chi connectivity index (χ0) is 23.2. The van der Waals surface area contributed by atoms with Crippen molar-refractivity contribution in [3.63, 3.8) is 0 Å². The molecule has 0 bridgehead atoms. The lowest BCUT2D eigenvalue weighted by atomic mass is 10.1. The molecule has 34 heavy (non-hydrogen) atoms. The molecule has 178 valence electrons. The van der Waals surface area contributed by atoms with Gasteiger partial charge < -0.3 is 15.1 Å². The molecule has 2 aliphatic heterocycles. The summed E-state index contributed by atoms with van der Waals surface area (Å²) in [7, 11) is 2.10. The molecule has 0 spiro atoms. The van der Waals surface area contributed by atoms with Crippen LogP contribution in [-0.2, 0) is 13.1 Å². The van der Waals surface area contributed by atoms with E-state index >= 15 is 0 Å². The summed E-state index contributed by atoms with van der Waals surface area (Å²) in [6.45, 7) is 6.99. The van der Waals surface area contributed by atoms with Crippen molar-refractivity contribution in [2.45, 2.75) is 38.8 Å². The first-order chi connectivity index (χ1) is 16.7. The van der Waals surface area contributed by atoms with E-state index in [4.69, 9.17) is 4.98 Å². The number of rotatable bonds is 8. The molecule has 4 heterocycles. The monoisotopic (exact) mass is 458 g/mol. The standard InChI is InChI=1S/C26H34N8/c1-32-19-24-26(34(20-32)18-21-7-5-12-27-17-21)31-30-25(29-24)22-8-10-23(11-9-22)28-13-6-16-33-14-3-2-4-15-33/h5,7-12,17,28H,2-4,6,13-16,18-20H2,1H3. The van der Waals surface area contributed by atoms with Crippen LogP contribution in [0, 0.1) is 0 Å². The molecule has 1 N–H and O–H groups in total. The van der Waals surface area contributed by atoms with Crippen LogP contribution in [0.3, 0.4) is 0 Å². The van der Waals surface area contributed by atoms with E-state index in [9.17, 15) is 0 Å². The summed E-state index contributed by atoms with van der Waals surface area (Å²) < 4.78 is 0. The van der Waals surface area contributed by atoms with Gasteiger partial charge in [-0.2, -0.15) is 0 Å². The average Bonchev–Trinajstić information content (AvgIpc) is 2.88. The quantitative estimate of drug-likeness (QED) is 0.513. The van der Waals surface area contributed by atoms with E-state index in [-0.39, 0.29) is 0 Å². The number of likely N-dealkylation sites (tertiary alicyclic amines) is 1. The van der Waals surface area contributed by atoms with Gasteiger partial charge in [0.25, 0.3) is 0 Å². The Morgan fingerprint density at radius 3 is 2.65 bits per heavy atom. The van der Waals surface area contributed by atoms with Gasteiger partial charge in [-0.1, -0.05) is 12.5 Å². The summed E-state index contributed by atoms with van der Waals surface area (Å²) >= 11 is 0. The summed E-state index contributed by atoms with van der Waals surface area (Å²) in [6.07, 6.45) is 8.96. The SMILES string of the molecule is CN1Cc2nc(-c3ccc(NCCCN4CCCCC4)cc3)nnc2N(Cc2cccnc2)C1. The molecule has 0 radical (unpaired) electrons. The van der Waals surface area contributed by atoms with E-state index in [1.807, 2.05) is 12.3 Å². The smallest absolute Gasteiger partial charge is 0.182 e. The van der Waals surface area contributed by atoms with Crippen LogP contribution in [0.15, 0.2) is 48.8 Å². The molecule has 2 aliphatic rings. The number of hydrogen-bond donors (Lipinski definition) is 1. The van der Waals surface area contributed by atoms with E-state index in [0.29, 0.717) is 5.82 Å². The van der Waals surface area contributed by atoms with Crippen molar-refractivity contribution < 1.29 is 0 Å². The number of fused-ring (bicyclic) bond motifs is 1. The summed E-state index contributed by atoms with van der Waals surface area (Å²) in [5.74, 6) is 1.53. The fourth-order valence-corrected chi connectivity index (χ4v) is 4.78. The fourth-order valence-electron chi connectivity index (χ4n) is 4.78. The van der Waals surface area contributed by atoms with Gasteiger partial charge in [0.2, 0.25) is 0 Å². The maximum absolute atomic E-state index is 4.88. The van der Waals surface area contributed by atoms with Crippen LogP contribution in [0.1, 0.15) is 36.9 Å². The highest BCUT2D eigenvalue weighted by molar-refractivity contribution is 5.60. The van der Waals surface area contributed by atoms with Gasteiger partial charge in [-0.3, -0.25) is 9.88 Å². The average molecular weight is 459 g/mol. The van der Waals surface area contributed by atoms with E-state index in [1.165, 1.54) is 45.3 Å². The van der Waals surface area contributed by atoms with Crippen LogP contribution in [0.4, 0.5) is 11.5 Å². The number of nitrogens with one attached hydrogen (secondary N) is 1. The maximum Gasteiger partial charge on any atom is 0.182 e. The maximum atomic E-state index is 4.88. The number of benzene rings is 1. The summed E-state index contributed by atoms with van der Waals surface area (Å²) in [5, 5.41) is 12.6. The molecule has 0 amide bonds. The molecular formula is C26H34N8. The second-order valence-electron chi connectivity index (χ2n) is 9.38. The fraction of sp³-hybridized carbons (Fsp3) is 0.462. The highest BCUT2D eigenvalue weighted by Crippen LogP contribution is 2.26. The molecule has 0 atom stereocenters. The number of aromatic nitrogens is 4. The first kappa shape index (κ1) is 22.7. The summed E-state index contributed by atoms with van der Waals surface area (Å²) in [5.41, 5.74) is 4.23. The van der Waals surface area contributed by atoms with Crippen LogP contribution < -0.4 is 10.2 Å². The van der Waals surface area contributed by atoms with E-state index < -0.39 is 0 Å². The van der Waals surface area contributed by atoms with E-state index in [2.05, 4.69) is 72.6 Å². The van der Waals surface area contributed by atoms with Gasteiger partial charge in [0, 0.05) is 43.3 Å². The van der Waals surface area contributed by atoms with Crippen LogP contribution in [0.5, 0.6) is 0 Å².